The van der Waals surface area contributed by atoms with Crippen LogP contribution in [0.2, 0.25) is 0 Å². The zero-order chi connectivity index (χ0) is 15.2. The number of hydrogen-bond donors (Lipinski definition) is 2. The summed E-state index contributed by atoms with van der Waals surface area (Å²) in [6, 6.07) is 12.4. The smallest absolute Gasteiger partial charge is 0.339 e. The van der Waals surface area contributed by atoms with Crippen LogP contribution in [-0.4, -0.2) is 22.8 Å². The molecule has 0 unspecified atom stereocenters. The average molecular weight is 284 g/mol. The highest BCUT2D eigenvalue weighted by molar-refractivity contribution is 5.93. The summed E-state index contributed by atoms with van der Waals surface area (Å²) in [6.45, 7) is 1.84. The Balaban J connectivity index is 2.10. The number of carbonyl (C=O) groups is 1. The van der Waals surface area contributed by atoms with Gasteiger partial charge in [0.2, 0.25) is 0 Å². The van der Waals surface area contributed by atoms with Gasteiger partial charge < -0.3 is 14.9 Å². The molecule has 0 heterocycles. The van der Waals surface area contributed by atoms with Gasteiger partial charge in [-0.2, -0.15) is 0 Å². The Bertz CT molecular complexity index is 660. The predicted molar refractivity (Wildman–Crippen MR) is 80.8 cm³/mol. The van der Waals surface area contributed by atoms with E-state index in [-0.39, 0.29) is 23.7 Å². The SMILES string of the molecule is Cc1cc(O)cc(OCC=Cc2ccccc2)c1C(=O)O. The fourth-order valence-electron chi connectivity index (χ4n) is 2.01. The highest BCUT2D eigenvalue weighted by Gasteiger charge is 2.15. The molecule has 21 heavy (non-hydrogen) atoms. The number of hydrogen-bond acceptors (Lipinski definition) is 3. The molecule has 0 saturated carbocycles. The van der Waals surface area contributed by atoms with Crippen LogP contribution in [0.15, 0.2) is 48.5 Å². The van der Waals surface area contributed by atoms with Gasteiger partial charge in [0.05, 0.1) is 0 Å². The number of carboxylic acids is 1. The molecule has 0 aromatic heterocycles. The van der Waals surface area contributed by atoms with Gasteiger partial charge in [-0.1, -0.05) is 36.4 Å². The third-order valence-corrected chi connectivity index (χ3v) is 2.94. The standard InChI is InChI=1S/C17H16O4/c1-12-10-14(18)11-15(16(12)17(19)20)21-9-5-8-13-6-3-2-4-7-13/h2-8,10-11,18H,9H2,1H3,(H,19,20). The summed E-state index contributed by atoms with van der Waals surface area (Å²) in [5.41, 5.74) is 1.57. The van der Waals surface area contributed by atoms with E-state index in [1.807, 2.05) is 36.4 Å². The van der Waals surface area contributed by atoms with Crippen LogP contribution in [0.3, 0.4) is 0 Å². The fourth-order valence-corrected chi connectivity index (χ4v) is 2.01. The predicted octanol–water partition coefficient (Wildman–Crippen LogP) is 3.49. The molecule has 0 amide bonds. The first-order valence-corrected chi connectivity index (χ1v) is 6.49. The first-order chi connectivity index (χ1) is 10.1. The molecule has 0 saturated heterocycles. The van der Waals surface area contributed by atoms with E-state index in [2.05, 4.69) is 0 Å². The van der Waals surface area contributed by atoms with Gasteiger partial charge in [0, 0.05) is 6.07 Å². The maximum atomic E-state index is 11.2. The van der Waals surface area contributed by atoms with Gasteiger partial charge in [0.15, 0.2) is 0 Å². The number of aromatic carboxylic acids is 1. The number of rotatable bonds is 5. The fraction of sp³-hybridized carbons (Fsp3) is 0.118. The summed E-state index contributed by atoms with van der Waals surface area (Å²) in [7, 11) is 0. The van der Waals surface area contributed by atoms with E-state index in [0.717, 1.165) is 5.56 Å². The van der Waals surface area contributed by atoms with Gasteiger partial charge in [-0.15, -0.1) is 0 Å². The number of carboxylic acid groups (broad SMARTS) is 1. The largest absolute Gasteiger partial charge is 0.508 e. The highest BCUT2D eigenvalue weighted by Crippen LogP contribution is 2.28. The molecule has 4 heteroatoms. The Kier molecular flexibility index (Phi) is 4.61. The molecule has 2 N–H and O–H groups in total. The number of aromatic hydroxyl groups is 1. The molecule has 0 aliphatic rings. The zero-order valence-corrected chi connectivity index (χ0v) is 11.6. The van der Waals surface area contributed by atoms with E-state index < -0.39 is 5.97 Å². The third kappa shape index (κ3) is 3.86. The monoisotopic (exact) mass is 284 g/mol. The van der Waals surface area contributed by atoms with Crippen LogP contribution < -0.4 is 4.74 Å². The summed E-state index contributed by atoms with van der Waals surface area (Å²) >= 11 is 0. The van der Waals surface area contributed by atoms with Gasteiger partial charge >= 0.3 is 5.97 Å². The second kappa shape index (κ2) is 6.61. The lowest BCUT2D eigenvalue weighted by molar-refractivity contribution is 0.0692. The van der Waals surface area contributed by atoms with Crippen LogP contribution in [0.25, 0.3) is 6.08 Å². The first kappa shape index (κ1) is 14.7. The molecule has 0 fully saturated rings. The molecule has 2 aromatic carbocycles. The van der Waals surface area contributed by atoms with Gasteiger partial charge in [0.1, 0.15) is 23.7 Å². The summed E-state index contributed by atoms with van der Waals surface area (Å²) in [6.07, 6.45) is 3.68. The topological polar surface area (TPSA) is 66.8 Å². The molecule has 0 radical (unpaired) electrons. The molecule has 0 bridgehead atoms. The molecular formula is C17H16O4. The minimum Gasteiger partial charge on any atom is -0.508 e. The molecule has 0 aliphatic heterocycles. The second-order valence-electron chi connectivity index (χ2n) is 4.57. The van der Waals surface area contributed by atoms with Crippen molar-refractivity contribution in [2.75, 3.05) is 6.61 Å². The molecule has 0 atom stereocenters. The van der Waals surface area contributed by atoms with E-state index in [9.17, 15) is 15.0 Å². The van der Waals surface area contributed by atoms with E-state index in [4.69, 9.17) is 4.74 Å². The Morgan fingerprint density at radius 1 is 1.24 bits per heavy atom. The van der Waals surface area contributed by atoms with Crippen LogP contribution in [0.4, 0.5) is 0 Å². The lowest BCUT2D eigenvalue weighted by Gasteiger charge is -2.10. The first-order valence-electron chi connectivity index (χ1n) is 6.49. The van der Waals surface area contributed by atoms with Crippen molar-refractivity contribution < 1.29 is 19.7 Å². The van der Waals surface area contributed by atoms with E-state index >= 15 is 0 Å². The van der Waals surface area contributed by atoms with Gasteiger partial charge in [0.25, 0.3) is 0 Å². The summed E-state index contributed by atoms with van der Waals surface area (Å²) in [5.74, 6) is -0.924. The molecule has 2 rings (SSSR count). The normalized spacial score (nSPS) is 10.7. The van der Waals surface area contributed by atoms with Crippen LogP contribution in [0, 0.1) is 6.92 Å². The summed E-state index contributed by atoms with van der Waals surface area (Å²) < 4.78 is 5.45. The lowest BCUT2D eigenvalue weighted by atomic mass is 10.1. The van der Waals surface area contributed by atoms with Crippen molar-refractivity contribution in [3.05, 3.63) is 65.2 Å². The van der Waals surface area contributed by atoms with Crippen LogP contribution in [-0.2, 0) is 0 Å². The molecular weight excluding hydrogens is 268 g/mol. The van der Waals surface area contributed by atoms with Crippen LogP contribution in [0.5, 0.6) is 11.5 Å². The Labute approximate surface area is 122 Å². The molecule has 0 aliphatic carbocycles. The van der Waals surface area contributed by atoms with Crippen LogP contribution in [0.1, 0.15) is 21.5 Å². The van der Waals surface area contributed by atoms with Crippen molar-refractivity contribution in [1.29, 1.82) is 0 Å². The summed E-state index contributed by atoms with van der Waals surface area (Å²) in [4.78, 5) is 11.2. The van der Waals surface area contributed by atoms with Crippen molar-refractivity contribution in [1.82, 2.24) is 0 Å². The maximum absolute atomic E-state index is 11.2. The number of aryl methyl sites for hydroxylation is 1. The minimum atomic E-state index is -1.07. The Morgan fingerprint density at radius 2 is 1.95 bits per heavy atom. The number of benzene rings is 2. The van der Waals surface area contributed by atoms with Gasteiger partial charge in [-0.25, -0.2) is 4.79 Å². The second-order valence-corrected chi connectivity index (χ2v) is 4.57. The number of phenols is 1. The van der Waals surface area contributed by atoms with E-state index in [0.29, 0.717) is 5.56 Å². The minimum absolute atomic E-state index is 0.0143. The van der Waals surface area contributed by atoms with Crippen molar-refractivity contribution in [3.8, 4) is 11.5 Å². The van der Waals surface area contributed by atoms with Crippen molar-refractivity contribution in [2.45, 2.75) is 6.92 Å². The van der Waals surface area contributed by atoms with E-state index in [1.54, 1.807) is 13.0 Å². The van der Waals surface area contributed by atoms with Crippen molar-refractivity contribution in [3.63, 3.8) is 0 Å². The third-order valence-electron chi connectivity index (χ3n) is 2.94. The Hall–Kier alpha value is -2.75. The maximum Gasteiger partial charge on any atom is 0.339 e. The van der Waals surface area contributed by atoms with Crippen molar-refractivity contribution in [2.24, 2.45) is 0 Å². The molecule has 108 valence electrons. The van der Waals surface area contributed by atoms with Crippen LogP contribution >= 0.6 is 0 Å². The number of ether oxygens (including phenoxy) is 1. The molecule has 4 nitrogen and oxygen atoms in total. The quantitative estimate of drug-likeness (QED) is 0.882. The van der Waals surface area contributed by atoms with Gasteiger partial charge in [-0.05, 0) is 30.2 Å². The lowest BCUT2D eigenvalue weighted by Crippen LogP contribution is -2.05. The van der Waals surface area contributed by atoms with Crippen molar-refractivity contribution >= 4 is 12.0 Å². The van der Waals surface area contributed by atoms with Gasteiger partial charge in [-0.3, -0.25) is 0 Å². The van der Waals surface area contributed by atoms with E-state index in [1.165, 1.54) is 12.1 Å². The molecule has 2 aromatic rings. The summed E-state index contributed by atoms with van der Waals surface area (Å²) in [5, 5.41) is 18.7. The molecule has 0 spiro atoms. The Morgan fingerprint density at radius 3 is 2.62 bits per heavy atom. The number of phenolic OH excluding ortho intramolecular Hbond substituents is 1. The zero-order valence-electron chi connectivity index (χ0n) is 11.6. The average Bonchev–Trinajstić information content (AvgIpc) is 2.43. The highest BCUT2D eigenvalue weighted by atomic mass is 16.5.